The van der Waals surface area contributed by atoms with E-state index >= 15 is 0 Å². The summed E-state index contributed by atoms with van der Waals surface area (Å²) in [5.41, 5.74) is 0.752. The van der Waals surface area contributed by atoms with Crippen molar-refractivity contribution in [2.45, 2.75) is 25.5 Å². The summed E-state index contributed by atoms with van der Waals surface area (Å²) in [4.78, 5) is 0. The highest BCUT2D eigenvalue weighted by Gasteiger charge is 2.30. The highest BCUT2D eigenvalue weighted by atomic mass is 32.6. The molecule has 14 heavy (non-hydrogen) atoms. The fraction of sp³-hybridized carbons (Fsp3) is 0.833. The van der Waals surface area contributed by atoms with E-state index in [1.54, 1.807) is 0 Å². The quantitative estimate of drug-likeness (QED) is 0.768. The molecule has 4 unspecified atom stereocenters. The molecular formula is C6H14N4P4. The van der Waals surface area contributed by atoms with Gasteiger partial charge in [0.25, 0.3) is 0 Å². The molecule has 1 aliphatic heterocycles. The summed E-state index contributed by atoms with van der Waals surface area (Å²) in [6.07, 6.45) is 1.03. The molecule has 6 atom stereocenters. The van der Waals surface area contributed by atoms with Crippen LogP contribution in [0.4, 0.5) is 0 Å². The lowest BCUT2D eigenvalue weighted by Crippen LogP contribution is -2.30. The third-order valence-corrected chi connectivity index (χ3v) is 14.1. The summed E-state index contributed by atoms with van der Waals surface area (Å²) in [6, 6.07) is 0. The number of aromatic nitrogens is 4. The molecule has 8 heteroatoms. The maximum atomic E-state index is 4.03. The maximum absolute atomic E-state index is 4.03. The van der Waals surface area contributed by atoms with Gasteiger partial charge in [0.05, 0.1) is 6.54 Å². The van der Waals surface area contributed by atoms with Gasteiger partial charge in [-0.1, -0.05) is 22.2 Å². The predicted octanol–water partition coefficient (Wildman–Crippen LogP) is 1.89. The molecule has 1 aliphatic rings. The molecule has 0 saturated carbocycles. The minimum Gasteiger partial charge on any atom is -0.229 e. The van der Waals surface area contributed by atoms with Crippen LogP contribution in [0.3, 0.4) is 0 Å². The number of hydrogen-bond acceptors (Lipinski definition) is 3. The second kappa shape index (κ2) is 4.75. The van der Waals surface area contributed by atoms with Crippen molar-refractivity contribution in [2.75, 3.05) is 0 Å². The van der Waals surface area contributed by atoms with E-state index in [2.05, 4.69) is 40.3 Å². The summed E-state index contributed by atoms with van der Waals surface area (Å²) in [6.45, 7) is 3.31. The second-order valence-electron chi connectivity index (χ2n) is 3.56. The Hall–Kier alpha value is 0.790. The zero-order valence-electron chi connectivity index (χ0n) is 7.96. The molecule has 0 saturated heterocycles. The third-order valence-electron chi connectivity index (χ3n) is 2.63. The first kappa shape index (κ1) is 11.3. The van der Waals surface area contributed by atoms with E-state index in [4.69, 9.17) is 0 Å². The average molecular weight is 266 g/mol. The Balaban J connectivity index is 2.17. The van der Waals surface area contributed by atoms with Gasteiger partial charge in [0.1, 0.15) is 0 Å². The van der Waals surface area contributed by atoms with Gasteiger partial charge >= 0.3 is 0 Å². The van der Waals surface area contributed by atoms with E-state index in [1.165, 1.54) is 0 Å². The molecule has 0 amide bonds. The molecule has 0 bridgehead atoms. The molecule has 2 rings (SSSR count). The minimum atomic E-state index is 0.0496. The second-order valence-corrected chi connectivity index (χ2v) is 13.2. The SMILES string of the molecule is C[C@H]1Cc2nnnn2C[C@H]1P(P)PP. The van der Waals surface area contributed by atoms with Crippen LogP contribution in [-0.2, 0) is 13.0 Å². The van der Waals surface area contributed by atoms with E-state index in [-0.39, 0.29) is 7.30 Å². The largest absolute Gasteiger partial charge is 0.229 e. The lowest BCUT2D eigenvalue weighted by atomic mass is 10.0. The fourth-order valence-corrected chi connectivity index (χ4v) is 7.40. The molecule has 0 aliphatic carbocycles. The van der Waals surface area contributed by atoms with Crippen LogP contribution in [0.1, 0.15) is 12.7 Å². The predicted molar refractivity (Wildman–Crippen MR) is 69.1 cm³/mol. The first-order valence-corrected chi connectivity index (χ1v) is 11.2. The molecule has 0 N–H and O–H groups in total. The number of hydrogen-bond donors (Lipinski definition) is 0. The first-order chi connectivity index (χ1) is 6.72. The Morgan fingerprint density at radius 2 is 2.43 bits per heavy atom. The van der Waals surface area contributed by atoms with Gasteiger partial charge < -0.3 is 0 Å². The number of nitrogens with zero attached hydrogens (tertiary/aromatic N) is 4. The topological polar surface area (TPSA) is 43.6 Å². The van der Waals surface area contributed by atoms with Gasteiger partial charge in [0.2, 0.25) is 0 Å². The van der Waals surface area contributed by atoms with Gasteiger partial charge in [-0.3, -0.25) is 0 Å². The average Bonchev–Trinajstić information content (AvgIpc) is 2.62. The summed E-state index contributed by atoms with van der Waals surface area (Å²) in [5, 5.41) is 11.8. The Morgan fingerprint density at radius 1 is 1.64 bits per heavy atom. The highest BCUT2D eigenvalue weighted by molar-refractivity contribution is 8.61. The zero-order valence-corrected chi connectivity index (χ0v) is 12.2. The lowest BCUT2D eigenvalue weighted by molar-refractivity contribution is 0.395. The van der Waals surface area contributed by atoms with Gasteiger partial charge in [-0.2, -0.15) is 0 Å². The molecule has 0 fully saturated rings. The van der Waals surface area contributed by atoms with Crippen LogP contribution in [0.5, 0.6) is 0 Å². The van der Waals surface area contributed by atoms with Crippen molar-refractivity contribution in [3.05, 3.63) is 5.82 Å². The van der Waals surface area contributed by atoms with Crippen molar-refractivity contribution in [1.82, 2.24) is 20.2 Å². The van der Waals surface area contributed by atoms with Crippen molar-refractivity contribution in [1.29, 1.82) is 0 Å². The molecule has 1 aromatic rings. The molecule has 0 aromatic carbocycles. The van der Waals surface area contributed by atoms with Crippen molar-refractivity contribution < 1.29 is 0 Å². The molecule has 0 spiro atoms. The molecule has 2 heterocycles. The van der Waals surface area contributed by atoms with Crippen LogP contribution >= 0.6 is 33.1 Å². The van der Waals surface area contributed by atoms with E-state index < -0.39 is 0 Å². The number of rotatable bonds is 2. The van der Waals surface area contributed by atoms with Crippen LogP contribution in [0.2, 0.25) is 0 Å². The molecule has 78 valence electrons. The molecule has 0 radical (unpaired) electrons. The van der Waals surface area contributed by atoms with Gasteiger partial charge in [0, 0.05) is 12.1 Å². The highest BCUT2D eigenvalue weighted by Crippen LogP contribution is 2.70. The molecule has 4 nitrogen and oxygen atoms in total. The lowest BCUT2D eigenvalue weighted by Gasteiger charge is -2.32. The van der Waals surface area contributed by atoms with Crippen LogP contribution in [0.15, 0.2) is 0 Å². The standard InChI is InChI=1S/C6H14N4P4/c1-4-2-6-7-8-9-10(6)3-5(4)14(12)13-11/h4-5,13H,2-3,11-12H2,1H3/t4-,5+,14?/m0/s1. The molecular weight excluding hydrogens is 252 g/mol. The van der Waals surface area contributed by atoms with Crippen LogP contribution in [-0.4, -0.2) is 25.9 Å². The van der Waals surface area contributed by atoms with Crippen molar-refractivity contribution in [3.8, 4) is 0 Å². The van der Waals surface area contributed by atoms with Crippen LogP contribution in [0.25, 0.3) is 0 Å². The van der Waals surface area contributed by atoms with Gasteiger partial charge in [-0.15, -0.1) is 23.0 Å². The monoisotopic (exact) mass is 266 g/mol. The maximum Gasteiger partial charge on any atom is 0.151 e. The minimum absolute atomic E-state index is 0.0496. The van der Waals surface area contributed by atoms with Crippen molar-refractivity contribution >= 4 is 33.1 Å². The first-order valence-electron chi connectivity index (χ1n) is 4.47. The fourth-order valence-electron chi connectivity index (χ4n) is 1.75. The summed E-state index contributed by atoms with van der Waals surface area (Å²) in [5.74, 6) is 1.76. The Morgan fingerprint density at radius 3 is 3.14 bits per heavy atom. The Labute approximate surface area is 91.0 Å². The van der Waals surface area contributed by atoms with E-state index in [0.717, 1.165) is 32.4 Å². The van der Waals surface area contributed by atoms with Crippen molar-refractivity contribution in [3.63, 3.8) is 0 Å². The van der Waals surface area contributed by atoms with Gasteiger partial charge in [0.15, 0.2) is 5.82 Å². The zero-order chi connectivity index (χ0) is 10.1. The Bertz CT molecular complexity index is 317. The van der Waals surface area contributed by atoms with Crippen LogP contribution < -0.4 is 0 Å². The summed E-state index contributed by atoms with van der Waals surface area (Å²) in [7, 11) is 6.88. The number of fused-ring (bicyclic) bond motifs is 1. The van der Waals surface area contributed by atoms with Crippen LogP contribution in [0, 0.1) is 5.92 Å². The van der Waals surface area contributed by atoms with E-state index in [1.807, 2.05) is 4.68 Å². The Kier molecular flexibility index (Phi) is 3.83. The molecule has 1 aromatic heterocycles. The van der Waals surface area contributed by atoms with E-state index in [9.17, 15) is 0 Å². The van der Waals surface area contributed by atoms with Crippen molar-refractivity contribution in [2.24, 2.45) is 5.92 Å². The van der Waals surface area contributed by atoms with Gasteiger partial charge in [-0.25, -0.2) is 4.68 Å². The smallest absolute Gasteiger partial charge is 0.151 e. The van der Waals surface area contributed by atoms with Gasteiger partial charge in [-0.05, 0) is 16.3 Å². The summed E-state index contributed by atoms with van der Waals surface area (Å²) >= 11 is 0. The normalized spacial score (nSPS) is 29.4. The third kappa shape index (κ3) is 2.14. The number of tetrazole rings is 1. The van der Waals surface area contributed by atoms with E-state index in [0.29, 0.717) is 5.92 Å². The summed E-state index contributed by atoms with van der Waals surface area (Å²) < 4.78 is 1.97.